The average Bonchev–Trinajstić information content (AvgIpc) is 3.10. The summed E-state index contributed by atoms with van der Waals surface area (Å²) in [6.07, 6.45) is 4.09. The molecule has 0 saturated carbocycles. The third-order valence-corrected chi connectivity index (χ3v) is 7.16. The maximum atomic E-state index is 12.4. The molecule has 1 saturated heterocycles. The molecule has 6 heteroatoms. The van der Waals surface area contributed by atoms with Gasteiger partial charge in [-0.2, -0.15) is 0 Å². The largest absolute Gasteiger partial charge is 0.303 e. The second kappa shape index (κ2) is 6.74. The number of thiophene rings is 1. The van der Waals surface area contributed by atoms with Crippen LogP contribution in [0, 0.1) is 17.3 Å². The Hall–Kier alpha value is -1.97. The first-order chi connectivity index (χ1) is 11.9. The molecule has 2 atom stereocenters. The molecule has 0 aliphatic carbocycles. The Labute approximate surface area is 159 Å². The predicted molar refractivity (Wildman–Crippen MR) is 105 cm³/mol. The molecule has 3 heterocycles. The van der Waals surface area contributed by atoms with Gasteiger partial charge >= 0.3 is 0 Å². The summed E-state index contributed by atoms with van der Waals surface area (Å²) >= 11 is 5.18. The van der Waals surface area contributed by atoms with Crippen LogP contribution in [0.15, 0.2) is 29.9 Å². The van der Waals surface area contributed by atoms with Gasteiger partial charge in [0, 0.05) is 47.3 Å². The second-order valence-corrected chi connectivity index (χ2v) is 8.16. The van der Waals surface area contributed by atoms with Crippen molar-refractivity contribution in [1.29, 1.82) is 5.41 Å². The lowest BCUT2D eigenvalue weighted by atomic mass is 9.77. The Morgan fingerprint density at radius 2 is 2.16 bits per heavy atom. The van der Waals surface area contributed by atoms with Gasteiger partial charge in [-0.15, -0.1) is 17.3 Å². The third-order valence-electron chi connectivity index (χ3n) is 4.55. The van der Waals surface area contributed by atoms with Gasteiger partial charge in [0.25, 0.3) is 0 Å². The molecule has 2 aromatic heterocycles. The summed E-state index contributed by atoms with van der Waals surface area (Å²) in [5.74, 6) is 6.18. The van der Waals surface area contributed by atoms with Crippen molar-refractivity contribution in [3.05, 3.63) is 40.3 Å². The quantitative estimate of drug-likeness (QED) is 0.594. The highest BCUT2D eigenvalue weighted by molar-refractivity contribution is 9.10. The van der Waals surface area contributed by atoms with Gasteiger partial charge in [-0.3, -0.25) is 15.2 Å². The molecule has 1 amide bonds. The third kappa shape index (κ3) is 3.14. The van der Waals surface area contributed by atoms with Crippen molar-refractivity contribution in [1.82, 2.24) is 9.88 Å². The van der Waals surface area contributed by atoms with E-state index in [1.807, 2.05) is 19.2 Å². The molecule has 0 radical (unpaired) electrons. The van der Waals surface area contributed by atoms with E-state index in [0.717, 1.165) is 21.6 Å². The minimum atomic E-state index is -0.433. The van der Waals surface area contributed by atoms with E-state index in [1.165, 1.54) is 4.90 Å². The Kier molecular flexibility index (Phi) is 4.81. The Morgan fingerprint density at radius 1 is 1.40 bits per heavy atom. The van der Waals surface area contributed by atoms with Gasteiger partial charge in [0.05, 0.1) is 0 Å². The van der Waals surface area contributed by atoms with Crippen molar-refractivity contribution >= 4 is 39.0 Å². The number of pyridine rings is 1. The minimum absolute atomic E-state index is 0.0735. The molecule has 0 aromatic carbocycles. The van der Waals surface area contributed by atoms with E-state index in [0.29, 0.717) is 12.3 Å². The van der Waals surface area contributed by atoms with Gasteiger partial charge < -0.3 is 4.90 Å². The number of likely N-dealkylation sites (tertiary alicyclic amines) is 1. The number of rotatable bonds is 2. The Morgan fingerprint density at radius 3 is 2.88 bits per heavy atom. The van der Waals surface area contributed by atoms with Gasteiger partial charge in [0.2, 0.25) is 5.91 Å². The molecule has 1 aliphatic heterocycles. The first-order valence-electron chi connectivity index (χ1n) is 7.83. The highest BCUT2D eigenvalue weighted by atomic mass is 79.9. The van der Waals surface area contributed by atoms with Gasteiger partial charge in [-0.1, -0.05) is 28.8 Å². The molecule has 2 aromatic rings. The molecule has 1 fully saturated rings. The van der Waals surface area contributed by atoms with E-state index in [4.69, 9.17) is 5.41 Å². The molecule has 0 unspecified atom stereocenters. The van der Waals surface area contributed by atoms with E-state index in [2.05, 4.69) is 44.2 Å². The van der Waals surface area contributed by atoms with Crippen molar-refractivity contribution < 1.29 is 4.79 Å². The number of amides is 1. The molecular weight excluding hydrogens is 398 g/mol. The zero-order valence-corrected chi connectivity index (χ0v) is 16.7. The summed E-state index contributed by atoms with van der Waals surface area (Å²) in [5, 5.41) is 10.2. The van der Waals surface area contributed by atoms with Crippen molar-refractivity contribution in [2.45, 2.75) is 30.5 Å². The Balaban J connectivity index is 1.98. The van der Waals surface area contributed by atoms with E-state index < -0.39 is 5.41 Å². The fourth-order valence-corrected chi connectivity index (χ4v) is 4.92. The highest BCUT2D eigenvalue weighted by Crippen LogP contribution is 2.44. The summed E-state index contributed by atoms with van der Waals surface area (Å²) in [6.45, 7) is 3.84. The summed E-state index contributed by atoms with van der Waals surface area (Å²) in [5.41, 5.74) is 2.52. The van der Waals surface area contributed by atoms with Crippen LogP contribution in [0.5, 0.6) is 0 Å². The first kappa shape index (κ1) is 17.8. The van der Waals surface area contributed by atoms with E-state index >= 15 is 0 Å². The van der Waals surface area contributed by atoms with Crippen molar-refractivity contribution in [3.63, 3.8) is 0 Å². The van der Waals surface area contributed by atoms with Crippen LogP contribution in [-0.4, -0.2) is 33.5 Å². The molecule has 25 heavy (non-hydrogen) atoms. The summed E-state index contributed by atoms with van der Waals surface area (Å²) in [4.78, 5) is 18.9. The minimum Gasteiger partial charge on any atom is -0.303 e. The highest BCUT2D eigenvalue weighted by Gasteiger charge is 2.47. The number of carbonyl (C=O) groups excluding carboxylic acids is 1. The molecule has 0 spiro atoms. The van der Waals surface area contributed by atoms with Crippen LogP contribution in [0.1, 0.15) is 30.7 Å². The number of amidine groups is 1. The number of halogens is 1. The Bertz CT molecular complexity index is 911. The normalized spacial score (nSPS) is 23.4. The van der Waals surface area contributed by atoms with Crippen LogP contribution in [0.25, 0.3) is 11.1 Å². The van der Waals surface area contributed by atoms with Gasteiger partial charge in [0.15, 0.2) is 0 Å². The molecular formula is C19H18BrN3OS. The maximum absolute atomic E-state index is 12.4. The number of aromatic nitrogens is 1. The lowest BCUT2D eigenvalue weighted by Gasteiger charge is -2.41. The van der Waals surface area contributed by atoms with E-state index in [-0.39, 0.29) is 10.7 Å². The van der Waals surface area contributed by atoms with Gasteiger partial charge in [-0.05, 0) is 30.0 Å². The number of piperidine rings is 1. The lowest BCUT2D eigenvalue weighted by molar-refractivity contribution is -0.128. The predicted octanol–water partition coefficient (Wildman–Crippen LogP) is 4.04. The fourth-order valence-electron chi connectivity index (χ4n) is 2.94. The van der Waals surface area contributed by atoms with Crippen molar-refractivity contribution in [2.75, 3.05) is 7.05 Å². The molecule has 0 bridgehead atoms. The fraction of sp³-hybridized carbons (Fsp3) is 0.316. The summed E-state index contributed by atoms with van der Waals surface area (Å²) in [7, 11) is 1.66. The molecule has 1 aliphatic rings. The lowest BCUT2D eigenvalue weighted by Crippen LogP contribution is -2.54. The standard InChI is InChI=1S/C19H18BrN3OS/c1-4-5-12-6-13(10-22-9-12)14-7-15(25-11-14)19(2)8-16(21)23(3)18(24)17(19)20/h6-7,9-11,17,21H,8H2,1-3H3/t17-,19+/m0/s1. The van der Waals surface area contributed by atoms with Crippen LogP contribution < -0.4 is 0 Å². The molecule has 4 nitrogen and oxygen atoms in total. The first-order valence-corrected chi connectivity index (χ1v) is 9.62. The topological polar surface area (TPSA) is 57.1 Å². The summed E-state index contributed by atoms with van der Waals surface area (Å²) < 4.78 is 0. The van der Waals surface area contributed by atoms with E-state index in [1.54, 1.807) is 31.5 Å². The number of hydrogen-bond donors (Lipinski definition) is 1. The SMILES string of the molecule is CC#Cc1cncc(-c2csc([C@@]3(C)CC(=N)N(C)C(=O)[C@@H]3Br)c2)c1. The zero-order chi connectivity index (χ0) is 18.2. The number of carbonyl (C=O) groups is 1. The zero-order valence-electron chi connectivity index (χ0n) is 14.3. The molecule has 3 rings (SSSR count). The summed E-state index contributed by atoms with van der Waals surface area (Å²) in [6, 6.07) is 4.12. The number of hydrogen-bond acceptors (Lipinski definition) is 4. The molecule has 1 N–H and O–H groups in total. The van der Waals surface area contributed by atoms with E-state index in [9.17, 15) is 4.79 Å². The maximum Gasteiger partial charge on any atom is 0.242 e. The van der Waals surface area contributed by atoms with Crippen LogP contribution in [0.3, 0.4) is 0 Å². The van der Waals surface area contributed by atoms with Crippen LogP contribution in [0.4, 0.5) is 0 Å². The van der Waals surface area contributed by atoms with Crippen molar-refractivity contribution in [3.8, 4) is 23.0 Å². The van der Waals surface area contributed by atoms with Gasteiger partial charge in [0.1, 0.15) is 10.7 Å². The monoisotopic (exact) mass is 415 g/mol. The van der Waals surface area contributed by atoms with Crippen LogP contribution >= 0.6 is 27.3 Å². The van der Waals surface area contributed by atoms with Crippen LogP contribution in [-0.2, 0) is 10.2 Å². The van der Waals surface area contributed by atoms with Crippen LogP contribution in [0.2, 0.25) is 0 Å². The van der Waals surface area contributed by atoms with Gasteiger partial charge in [-0.25, -0.2) is 0 Å². The number of alkyl halides is 1. The molecule has 128 valence electrons. The smallest absolute Gasteiger partial charge is 0.242 e. The van der Waals surface area contributed by atoms with Crippen molar-refractivity contribution in [2.24, 2.45) is 0 Å². The second-order valence-electron chi connectivity index (χ2n) is 6.34. The average molecular weight is 416 g/mol. The number of nitrogens with one attached hydrogen (secondary N) is 1. The number of nitrogens with zero attached hydrogens (tertiary/aromatic N) is 2.